The molecule has 0 saturated heterocycles. The lowest BCUT2D eigenvalue weighted by atomic mass is 10.1. The van der Waals surface area contributed by atoms with Gasteiger partial charge < -0.3 is 9.47 Å². The molecule has 1 heterocycles. The number of rotatable bonds is 6. The Balaban J connectivity index is 2.40. The molecule has 0 fully saturated rings. The van der Waals surface area contributed by atoms with Crippen molar-refractivity contribution in [2.45, 2.75) is 19.8 Å². The molecule has 0 aliphatic carbocycles. The average molecular weight is 292 g/mol. The lowest BCUT2D eigenvalue weighted by Crippen LogP contribution is -2.05. The molecule has 0 spiro atoms. The highest BCUT2D eigenvalue weighted by molar-refractivity contribution is 7.08. The number of hydrogen-bond donors (Lipinski definition) is 0. The Hall–Kier alpha value is -1.95. The molecule has 20 heavy (non-hydrogen) atoms. The Morgan fingerprint density at radius 2 is 2.10 bits per heavy atom. The largest absolute Gasteiger partial charge is 0.497 e. The standard InChI is InChI=1S/C14H16N2O3S/c1-4-5-11-14(20-16-15-11)13(17)10-7-6-9(18-2)8-12(10)19-3/h6-8H,4-5H2,1-3H3. The van der Waals surface area contributed by atoms with Crippen molar-refractivity contribution in [3.8, 4) is 11.5 Å². The average Bonchev–Trinajstić information content (AvgIpc) is 2.94. The van der Waals surface area contributed by atoms with Gasteiger partial charge in [-0.25, -0.2) is 0 Å². The molecule has 1 aromatic heterocycles. The molecule has 0 radical (unpaired) electrons. The van der Waals surface area contributed by atoms with E-state index in [-0.39, 0.29) is 5.78 Å². The van der Waals surface area contributed by atoms with Gasteiger partial charge in [0.2, 0.25) is 5.78 Å². The Kier molecular flexibility index (Phi) is 4.68. The number of carbonyl (C=O) groups is 1. The van der Waals surface area contributed by atoms with Crippen LogP contribution in [0.5, 0.6) is 11.5 Å². The van der Waals surface area contributed by atoms with Crippen molar-refractivity contribution in [2.24, 2.45) is 0 Å². The van der Waals surface area contributed by atoms with E-state index in [1.807, 2.05) is 6.92 Å². The van der Waals surface area contributed by atoms with Crippen LogP contribution >= 0.6 is 11.5 Å². The van der Waals surface area contributed by atoms with Gasteiger partial charge in [-0.2, -0.15) is 0 Å². The predicted molar refractivity (Wildman–Crippen MR) is 76.9 cm³/mol. The molecule has 5 nitrogen and oxygen atoms in total. The Morgan fingerprint density at radius 1 is 1.30 bits per heavy atom. The van der Waals surface area contributed by atoms with Crippen LogP contribution in [0.4, 0.5) is 0 Å². The molecule has 0 N–H and O–H groups in total. The first-order chi connectivity index (χ1) is 9.71. The topological polar surface area (TPSA) is 61.3 Å². The maximum Gasteiger partial charge on any atom is 0.210 e. The fourth-order valence-electron chi connectivity index (χ4n) is 1.89. The third-order valence-electron chi connectivity index (χ3n) is 2.90. The van der Waals surface area contributed by atoms with E-state index in [0.29, 0.717) is 21.9 Å². The summed E-state index contributed by atoms with van der Waals surface area (Å²) in [6.07, 6.45) is 1.67. The molecule has 2 rings (SSSR count). The van der Waals surface area contributed by atoms with E-state index in [4.69, 9.17) is 9.47 Å². The summed E-state index contributed by atoms with van der Waals surface area (Å²) in [5.41, 5.74) is 1.25. The number of carbonyl (C=O) groups excluding carboxylic acids is 1. The fourth-order valence-corrected chi connectivity index (χ4v) is 2.55. The summed E-state index contributed by atoms with van der Waals surface area (Å²) in [6, 6.07) is 5.14. The monoisotopic (exact) mass is 292 g/mol. The van der Waals surface area contributed by atoms with E-state index in [2.05, 4.69) is 9.59 Å². The van der Waals surface area contributed by atoms with Gasteiger partial charge in [0.25, 0.3) is 0 Å². The Morgan fingerprint density at radius 3 is 2.75 bits per heavy atom. The fraction of sp³-hybridized carbons (Fsp3) is 0.357. The van der Waals surface area contributed by atoms with Crippen LogP contribution in [0.1, 0.15) is 34.3 Å². The molecule has 0 atom stereocenters. The first kappa shape index (κ1) is 14.5. The minimum Gasteiger partial charge on any atom is -0.497 e. The summed E-state index contributed by atoms with van der Waals surface area (Å²) in [7, 11) is 3.10. The Labute approximate surface area is 121 Å². The number of benzene rings is 1. The van der Waals surface area contributed by atoms with Gasteiger partial charge in [-0.05, 0) is 30.1 Å². The molecular weight excluding hydrogens is 276 g/mol. The zero-order valence-electron chi connectivity index (χ0n) is 11.7. The number of aromatic nitrogens is 2. The summed E-state index contributed by atoms with van der Waals surface area (Å²) >= 11 is 1.12. The van der Waals surface area contributed by atoms with Crippen LogP contribution < -0.4 is 9.47 Å². The highest BCUT2D eigenvalue weighted by atomic mass is 32.1. The maximum absolute atomic E-state index is 12.6. The molecule has 0 amide bonds. The molecule has 0 bridgehead atoms. The third kappa shape index (κ3) is 2.80. The number of nitrogens with zero attached hydrogens (tertiary/aromatic N) is 2. The SMILES string of the molecule is CCCc1nnsc1C(=O)c1ccc(OC)cc1OC. The quantitative estimate of drug-likeness (QED) is 0.766. The highest BCUT2D eigenvalue weighted by Crippen LogP contribution is 2.28. The zero-order valence-corrected chi connectivity index (χ0v) is 12.5. The molecule has 6 heteroatoms. The molecule has 0 saturated carbocycles. The number of hydrogen-bond acceptors (Lipinski definition) is 6. The number of aryl methyl sites for hydroxylation is 1. The Bertz CT molecular complexity index is 610. The van der Waals surface area contributed by atoms with Gasteiger partial charge in [-0.3, -0.25) is 4.79 Å². The van der Waals surface area contributed by atoms with Crippen LogP contribution in [0.15, 0.2) is 18.2 Å². The normalized spacial score (nSPS) is 10.3. The lowest BCUT2D eigenvalue weighted by Gasteiger charge is -2.09. The second-order valence-corrected chi connectivity index (χ2v) is 4.95. The molecule has 1 aromatic carbocycles. The molecule has 0 aliphatic heterocycles. The van der Waals surface area contributed by atoms with Crippen molar-refractivity contribution in [1.29, 1.82) is 0 Å². The van der Waals surface area contributed by atoms with Crippen LogP contribution in [0.2, 0.25) is 0 Å². The van der Waals surface area contributed by atoms with Crippen molar-refractivity contribution in [2.75, 3.05) is 14.2 Å². The third-order valence-corrected chi connectivity index (χ3v) is 3.67. The number of methoxy groups -OCH3 is 2. The van der Waals surface area contributed by atoms with Gasteiger partial charge >= 0.3 is 0 Å². The van der Waals surface area contributed by atoms with Gasteiger partial charge in [-0.15, -0.1) is 5.10 Å². The smallest absolute Gasteiger partial charge is 0.210 e. The zero-order chi connectivity index (χ0) is 14.5. The van der Waals surface area contributed by atoms with Gasteiger partial charge in [0, 0.05) is 6.07 Å². The molecule has 0 aliphatic rings. The second-order valence-electron chi connectivity index (χ2n) is 4.19. The molecular formula is C14H16N2O3S. The number of ketones is 1. The highest BCUT2D eigenvalue weighted by Gasteiger charge is 2.21. The van der Waals surface area contributed by atoms with Gasteiger partial charge in [-0.1, -0.05) is 17.8 Å². The molecule has 0 unspecified atom stereocenters. The number of ether oxygens (including phenoxy) is 2. The van der Waals surface area contributed by atoms with Crippen molar-refractivity contribution in [3.05, 3.63) is 34.3 Å². The van der Waals surface area contributed by atoms with Gasteiger partial charge in [0.15, 0.2) is 0 Å². The van der Waals surface area contributed by atoms with E-state index >= 15 is 0 Å². The van der Waals surface area contributed by atoms with E-state index < -0.39 is 0 Å². The summed E-state index contributed by atoms with van der Waals surface area (Å²) in [5, 5.41) is 4.02. The van der Waals surface area contributed by atoms with Crippen LogP contribution in [0.3, 0.4) is 0 Å². The van der Waals surface area contributed by atoms with Crippen molar-refractivity contribution >= 4 is 17.3 Å². The van der Waals surface area contributed by atoms with E-state index in [9.17, 15) is 4.79 Å². The van der Waals surface area contributed by atoms with Crippen LogP contribution in [-0.2, 0) is 6.42 Å². The molecule has 106 valence electrons. The van der Waals surface area contributed by atoms with Crippen LogP contribution in [0, 0.1) is 0 Å². The first-order valence-corrected chi connectivity index (χ1v) is 7.06. The van der Waals surface area contributed by atoms with E-state index in [1.165, 1.54) is 7.11 Å². The predicted octanol–water partition coefficient (Wildman–Crippen LogP) is 2.74. The van der Waals surface area contributed by atoms with E-state index in [0.717, 1.165) is 30.1 Å². The maximum atomic E-state index is 12.6. The summed E-state index contributed by atoms with van der Waals surface area (Å²) < 4.78 is 14.3. The van der Waals surface area contributed by atoms with Crippen LogP contribution in [-0.4, -0.2) is 29.6 Å². The second kappa shape index (κ2) is 6.47. The van der Waals surface area contributed by atoms with E-state index in [1.54, 1.807) is 25.3 Å². The van der Waals surface area contributed by atoms with Crippen molar-refractivity contribution < 1.29 is 14.3 Å². The molecule has 2 aromatic rings. The lowest BCUT2D eigenvalue weighted by molar-refractivity contribution is 0.103. The first-order valence-electron chi connectivity index (χ1n) is 6.29. The van der Waals surface area contributed by atoms with Crippen LogP contribution in [0.25, 0.3) is 0 Å². The van der Waals surface area contributed by atoms with Crippen molar-refractivity contribution in [3.63, 3.8) is 0 Å². The van der Waals surface area contributed by atoms with Gasteiger partial charge in [0.05, 0.1) is 25.5 Å². The minimum absolute atomic E-state index is 0.108. The summed E-state index contributed by atoms with van der Waals surface area (Å²) in [6.45, 7) is 2.04. The van der Waals surface area contributed by atoms with Gasteiger partial charge in [0.1, 0.15) is 16.4 Å². The summed E-state index contributed by atoms with van der Waals surface area (Å²) in [4.78, 5) is 13.2. The summed E-state index contributed by atoms with van der Waals surface area (Å²) in [5.74, 6) is 1.03. The van der Waals surface area contributed by atoms with Crippen molar-refractivity contribution in [1.82, 2.24) is 9.59 Å². The minimum atomic E-state index is -0.108.